The highest BCUT2D eigenvalue weighted by molar-refractivity contribution is 6.39. The molecule has 0 aliphatic rings. The molecule has 0 radical (unpaired) electrons. The summed E-state index contributed by atoms with van der Waals surface area (Å²) in [5.41, 5.74) is 4.16. The van der Waals surface area contributed by atoms with E-state index >= 15 is 0 Å². The van der Waals surface area contributed by atoms with Crippen molar-refractivity contribution in [1.29, 1.82) is 0 Å². The largest absolute Gasteiger partial charge is 0.340 e. The Morgan fingerprint density at radius 3 is 2.50 bits per heavy atom. The molecule has 0 bridgehead atoms. The fraction of sp³-hybridized carbons (Fsp3) is 0. The normalized spacial score (nSPS) is 11.2. The van der Waals surface area contributed by atoms with Gasteiger partial charge in [0.15, 0.2) is 0 Å². The van der Waals surface area contributed by atoms with Gasteiger partial charge in [-0.2, -0.15) is 0 Å². The molecule has 28 heavy (non-hydrogen) atoms. The van der Waals surface area contributed by atoms with E-state index in [1.54, 1.807) is 18.5 Å². The lowest BCUT2D eigenvalue weighted by molar-refractivity contribution is 1.22. The van der Waals surface area contributed by atoms with Crippen LogP contribution in [-0.4, -0.2) is 19.9 Å². The van der Waals surface area contributed by atoms with Crippen molar-refractivity contribution in [2.24, 2.45) is 0 Å². The fourth-order valence-electron chi connectivity index (χ4n) is 3.17. The Labute approximate surface area is 170 Å². The van der Waals surface area contributed by atoms with Crippen molar-refractivity contribution < 1.29 is 0 Å². The van der Waals surface area contributed by atoms with Crippen molar-refractivity contribution in [3.63, 3.8) is 0 Å². The first-order valence-electron chi connectivity index (χ1n) is 8.60. The Balaban J connectivity index is 1.55. The lowest BCUT2D eigenvalue weighted by Crippen LogP contribution is -1.95. The Morgan fingerprint density at radius 2 is 1.64 bits per heavy atom. The number of nitrogens with one attached hydrogen (secondary N) is 2. The summed E-state index contributed by atoms with van der Waals surface area (Å²) in [5, 5.41) is 5.42. The van der Waals surface area contributed by atoms with E-state index in [4.69, 9.17) is 23.2 Å². The molecule has 3 aromatic carbocycles. The number of hydrogen-bond acceptors (Lipinski definition) is 4. The van der Waals surface area contributed by atoms with E-state index in [2.05, 4.69) is 25.3 Å². The maximum atomic E-state index is 6.31. The second-order valence-corrected chi connectivity index (χ2v) is 7.09. The molecular formula is C21H13Cl2N5. The van der Waals surface area contributed by atoms with Crippen LogP contribution in [0.3, 0.4) is 0 Å². The van der Waals surface area contributed by atoms with Crippen LogP contribution in [0.4, 0.5) is 11.5 Å². The predicted octanol–water partition coefficient (Wildman–Crippen LogP) is 6.22. The SMILES string of the molecule is Clc1cccc(Cl)c1-c1nc2ccc(Nc3ncnc4ccccc34)cc2[nH]1. The van der Waals surface area contributed by atoms with Crippen molar-refractivity contribution in [3.8, 4) is 11.4 Å². The number of halogens is 2. The Morgan fingerprint density at radius 1 is 0.821 bits per heavy atom. The first-order valence-corrected chi connectivity index (χ1v) is 9.35. The molecule has 7 heteroatoms. The smallest absolute Gasteiger partial charge is 0.141 e. The van der Waals surface area contributed by atoms with Crippen LogP contribution < -0.4 is 5.32 Å². The molecule has 0 atom stereocenters. The van der Waals surface area contributed by atoms with Gasteiger partial charge in [0.1, 0.15) is 18.0 Å². The van der Waals surface area contributed by atoms with Gasteiger partial charge in [0.25, 0.3) is 0 Å². The van der Waals surface area contributed by atoms with Gasteiger partial charge in [0.2, 0.25) is 0 Å². The van der Waals surface area contributed by atoms with Gasteiger partial charge >= 0.3 is 0 Å². The predicted molar refractivity (Wildman–Crippen MR) is 114 cm³/mol. The van der Waals surface area contributed by atoms with E-state index in [1.807, 2.05) is 48.5 Å². The van der Waals surface area contributed by atoms with Crippen molar-refractivity contribution in [3.05, 3.63) is 77.0 Å². The summed E-state index contributed by atoms with van der Waals surface area (Å²) in [7, 11) is 0. The highest BCUT2D eigenvalue weighted by Crippen LogP contribution is 2.34. The van der Waals surface area contributed by atoms with Crippen LogP contribution in [0.1, 0.15) is 0 Å². The van der Waals surface area contributed by atoms with Crippen LogP contribution in [0.5, 0.6) is 0 Å². The minimum atomic E-state index is 0.553. The average Bonchev–Trinajstić information content (AvgIpc) is 3.11. The number of H-pyrrole nitrogens is 1. The van der Waals surface area contributed by atoms with Crippen molar-refractivity contribution in [2.45, 2.75) is 0 Å². The van der Waals surface area contributed by atoms with Gasteiger partial charge in [0, 0.05) is 11.1 Å². The second kappa shape index (κ2) is 6.78. The number of aromatic nitrogens is 4. The third-order valence-electron chi connectivity index (χ3n) is 4.49. The summed E-state index contributed by atoms with van der Waals surface area (Å²) in [6.07, 6.45) is 1.55. The van der Waals surface area contributed by atoms with Gasteiger partial charge in [-0.3, -0.25) is 0 Å². The van der Waals surface area contributed by atoms with E-state index in [1.165, 1.54) is 0 Å². The number of anilines is 2. The van der Waals surface area contributed by atoms with Crippen LogP contribution in [-0.2, 0) is 0 Å². The molecule has 5 aromatic rings. The molecule has 0 aliphatic carbocycles. The summed E-state index contributed by atoms with van der Waals surface area (Å²) in [6, 6.07) is 19.1. The molecular weight excluding hydrogens is 393 g/mol. The van der Waals surface area contributed by atoms with Crippen molar-refractivity contribution >= 4 is 56.6 Å². The van der Waals surface area contributed by atoms with E-state index in [0.29, 0.717) is 21.4 Å². The van der Waals surface area contributed by atoms with Gasteiger partial charge in [-0.15, -0.1) is 0 Å². The summed E-state index contributed by atoms with van der Waals surface area (Å²) in [6.45, 7) is 0. The number of hydrogen-bond donors (Lipinski definition) is 2. The molecule has 2 N–H and O–H groups in total. The molecule has 5 nitrogen and oxygen atoms in total. The molecule has 2 heterocycles. The standard InChI is InChI=1S/C21H13Cl2N5/c22-14-5-3-6-15(23)19(14)21-27-17-9-8-12(10-18(17)28-21)26-20-13-4-1-2-7-16(13)24-11-25-20/h1-11H,(H,27,28)(H,24,25,26). The zero-order valence-electron chi connectivity index (χ0n) is 14.4. The third-order valence-corrected chi connectivity index (χ3v) is 5.12. The lowest BCUT2D eigenvalue weighted by Gasteiger charge is -2.08. The molecule has 0 saturated heterocycles. The Kier molecular flexibility index (Phi) is 4.11. The fourth-order valence-corrected chi connectivity index (χ4v) is 3.75. The molecule has 0 saturated carbocycles. The van der Waals surface area contributed by atoms with Crippen LogP contribution in [0.2, 0.25) is 10.0 Å². The number of fused-ring (bicyclic) bond motifs is 2. The Bertz CT molecular complexity index is 1300. The van der Waals surface area contributed by atoms with Gasteiger partial charge in [-0.1, -0.05) is 41.4 Å². The molecule has 2 aromatic heterocycles. The zero-order chi connectivity index (χ0) is 19.1. The maximum absolute atomic E-state index is 6.31. The molecule has 136 valence electrons. The van der Waals surface area contributed by atoms with Crippen LogP contribution in [0, 0.1) is 0 Å². The number of imidazole rings is 1. The third kappa shape index (κ3) is 2.95. The second-order valence-electron chi connectivity index (χ2n) is 6.28. The Hall–Kier alpha value is -3.15. The van der Waals surface area contributed by atoms with E-state index in [-0.39, 0.29) is 0 Å². The lowest BCUT2D eigenvalue weighted by atomic mass is 10.2. The number of para-hydroxylation sites is 1. The van der Waals surface area contributed by atoms with E-state index in [0.717, 1.165) is 33.4 Å². The topological polar surface area (TPSA) is 66.5 Å². The number of nitrogens with zero attached hydrogens (tertiary/aromatic N) is 3. The molecule has 0 fully saturated rings. The molecule has 0 spiro atoms. The van der Waals surface area contributed by atoms with Crippen molar-refractivity contribution in [2.75, 3.05) is 5.32 Å². The van der Waals surface area contributed by atoms with Gasteiger partial charge < -0.3 is 10.3 Å². The zero-order valence-corrected chi connectivity index (χ0v) is 16.0. The summed E-state index contributed by atoms with van der Waals surface area (Å²) < 4.78 is 0. The van der Waals surface area contributed by atoms with Crippen molar-refractivity contribution in [1.82, 2.24) is 19.9 Å². The van der Waals surface area contributed by atoms with Gasteiger partial charge in [-0.05, 0) is 42.5 Å². The summed E-state index contributed by atoms with van der Waals surface area (Å²) >= 11 is 12.6. The summed E-state index contributed by atoms with van der Waals surface area (Å²) in [5.74, 6) is 1.38. The molecule has 0 unspecified atom stereocenters. The minimum Gasteiger partial charge on any atom is -0.340 e. The van der Waals surface area contributed by atoms with E-state index < -0.39 is 0 Å². The van der Waals surface area contributed by atoms with Gasteiger partial charge in [-0.25, -0.2) is 15.0 Å². The monoisotopic (exact) mass is 405 g/mol. The van der Waals surface area contributed by atoms with Crippen LogP contribution >= 0.6 is 23.2 Å². The minimum absolute atomic E-state index is 0.553. The van der Waals surface area contributed by atoms with E-state index in [9.17, 15) is 0 Å². The number of aromatic amines is 1. The van der Waals surface area contributed by atoms with Crippen LogP contribution in [0.15, 0.2) is 67.0 Å². The highest BCUT2D eigenvalue weighted by Gasteiger charge is 2.13. The average molecular weight is 406 g/mol. The highest BCUT2D eigenvalue weighted by atomic mass is 35.5. The molecule has 0 amide bonds. The first-order chi connectivity index (χ1) is 13.7. The summed E-state index contributed by atoms with van der Waals surface area (Å²) in [4.78, 5) is 16.6. The van der Waals surface area contributed by atoms with Crippen LogP contribution in [0.25, 0.3) is 33.3 Å². The first kappa shape index (κ1) is 17.0. The maximum Gasteiger partial charge on any atom is 0.141 e. The quantitative estimate of drug-likeness (QED) is 0.373. The number of rotatable bonds is 3. The van der Waals surface area contributed by atoms with Gasteiger partial charge in [0.05, 0.1) is 32.2 Å². The number of benzene rings is 3. The molecule has 0 aliphatic heterocycles. The molecule has 5 rings (SSSR count).